The summed E-state index contributed by atoms with van der Waals surface area (Å²) in [7, 11) is 0. The lowest BCUT2D eigenvalue weighted by Crippen LogP contribution is -2.24. The van der Waals surface area contributed by atoms with Gasteiger partial charge in [-0.25, -0.2) is 9.37 Å². The van der Waals surface area contributed by atoms with Crippen LogP contribution >= 0.6 is 15.9 Å². The molecule has 7 heteroatoms. The fourth-order valence-electron chi connectivity index (χ4n) is 3.97. The van der Waals surface area contributed by atoms with Crippen LogP contribution < -0.4 is 4.74 Å². The van der Waals surface area contributed by atoms with Gasteiger partial charge < -0.3 is 9.64 Å². The number of amides is 1. The predicted molar refractivity (Wildman–Crippen MR) is 108 cm³/mol. The number of fused-ring (bicyclic) bond motifs is 2. The van der Waals surface area contributed by atoms with Gasteiger partial charge in [0, 0.05) is 35.5 Å². The highest BCUT2D eigenvalue weighted by atomic mass is 79.9. The van der Waals surface area contributed by atoms with Crippen molar-refractivity contribution < 1.29 is 13.9 Å². The zero-order chi connectivity index (χ0) is 20.0. The van der Waals surface area contributed by atoms with Crippen molar-refractivity contribution in [1.82, 2.24) is 14.9 Å². The summed E-state index contributed by atoms with van der Waals surface area (Å²) in [6, 6.07) is 10.7. The number of hydrogen-bond donors (Lipinski definition) is 0. The van der Waals surface area contributed by atoms with E-state index in [-0.39, 0.29) is 24.4 Å². The number of carbonyl (C=O) groups is 1. The van der Waals surface area contributed by atoms with E-state index in [1.165, 1.54) is 11.6 Å². The van der Waals surface area contributed by atoms with E-state index < -0.39 is 0 Å². The molecule has 29 heavy (non-hydrogen) atoms. The maximum absolute atomic E-state index is 14.2. The van der Waals surface area contributed by atoms with E-state index in [9.17, 15) is 9.18 Å². The SMILES string of the molecule is O=C1c2c(ccnc2OC2CCc3cccnc32)CN1Cc1ccc(Br)cc1F. The Morgan fingerprint density at radius 1 is 1.17 bits per heavy atom. The highest BCUT2D eigenvalue weighted by Crippen LogP contribution is 2.37. The first-order valence-electron chi connectivity index (χ1n) is 9.41. The molecule has 0 radical (unpaired) electrons. The first kappa shape index (κ1) is 18.2. The summed E-state index contributed by atoms with van der Waals surface area (Å²) in [5, 5.41) is 0. The van der Waals surface area contributed by atoms with Gasteiger partial charge in [-0.1, -0.05) is 28.1 Å². The molecule has 1 aliphatic carbocycles. The Morgan fingerprint density at radius 2 is 2.07 bits per heavy atom. The molecule has 0 saturated carbocycles. The molecule has 3 heterocycles. The average molecular weight is 454 g/mol. The van der Waals surface area contributed by atoms with Crippen LogP contribution in [0, 0.1) is 5.82 Å². The molecule has 1 aromatic carbocycles. The van der Waals surface area contributed by atoms with Crippen molar-refractivity contribution in [1.29, 1.82) is 0 Å². The van der Waals surface area contributed by atoms with Crippen molar-refractivity contribution in [3.8, 4) is 5.88 Å². The molecule has 0 saturated heterocycles. The van der Waals surface area contributed by atoms with E-state index in [1.807, 2.05) is 18.2 Å². The number of aryl methyl sites for hydroxylation is 1. The van der Waals surface area contributed by atoms with Crippen LogP contribution in [0.25, 0.3) is 0 Å². The minimum absolute atomic E-state index is 0.190. The van der Waals surface area contributed by atoms with Gasteiger partial charge in [0.15, 0.2) is 0 Å². The minimum atomic E-state index is -0.341. The van der Waals surface area contributed by atoms with Crippen molar-refractivity contribution in [2.75, 3.05) is 0 Å². The van der Waals surface area contributed by atoms with Gasteiger partial charge in [-0.05, 0) is 48.2 Å². The van der Waals surface area contributed by atoms with E-state index in [4.69, 9.17) is 4.74 Å². The summed E-state index contributed by atoms with van der Waals surface area (Å²) in [4.78, 5) is 23.5. The molecule has 1 amide bonds. The Balaban J connectivity index is 1.40. The molecule has 0 spiro atoms. The molecule has 0 N–H and O–H groups in total. The van der Waals surface area contributed by atoms with Gasteiger partial charge in [0.25, 0.3) is 5.91 Å². The topological polar surface area (TPSA) is 55.3 Å². The number of halogens is 2. The van der Waals surface area contributed by atoms with Crippen molar-refractivity contribution in [3.63, 3.8) is 0 Å². The van der Waals surface area contributed by atoms with Gasteiger partial charge in [-0.3, -0.25) is 9.78 Å². The maximum atomic E-state index is 14.2. The van der Waals surface area contributed by atoms with Gasteiger partial charge >= 0.3 is 0 Å². The standard InChI is InChI=1S/C22H17BrFN3O2/c23-16-5-3-14(17(24)10-16)11-27-12-15-7-9-26-21(19(15)22(27)28)29-18-6-4-13-2-1-8-25-20(13)18/h1-3,5,7-10,18H,4,6,11-12H2. The predicted octanol–water partition coefficient (Wildman–Crippen LogP) is 4.60. The third kappa shape index (κ3) is 3.29. The monoisotopic (exact) mass is 453 g/mol. The number of hydrogen-bond acceptors (Lipinski definition) is 4. The zero-order valence-electron chi connectivity index (χ0n) is 15.4. The molecule has 5 rings (SSSR count). The molecular weight excluding hydrogens is 437 g/mol. The van der Waals surface area contributed by atoms with E-state index in [0.717, 1.165) is 24.1 Å². The fourth-order valence-corrected chi connectivity index (χ4v) is 4.31. The summed E-state index contributed by atoms with van der Waals surface area (Å²) < 4.78 is 21.1. The van der Waals surface area contributed by atoms with Gasteiger partial charge in [0.1, 0.15) is 17.5 Å². The van der Waals surface area contributed by atoms with Gasteiger partial charge in [0.2, 0.25) is 5.88 Å². The van der Waals surface area contributed by atoms with Crippen LogP contribution in [-0.4, -0.2) is 20.8 Å². The van der Waals surface area contributed by atoms with E-state index in [1.54, 1.807) is 29.4 Å². The molecule has 1 atom stereocenters. The highest BCUT2D eigenvalue weighted by Gasteiger charge is 2.34. The molecule has 3 aromatic rings. The number of carbonyl (C=O) groups excluding carboxylic acids is 1. The smallest absolute Gasteiger partial charge is 0.260 e. The molecule has 146 valence electrons. The molecule has 0 bridgehead atoms. The lowest BCUT2D eigenvalue weighted by molar-refractivity contribution is 0.0758. The van der Waals surface area contributed by atoms with Crippen molar-refractivity contribution in [2.24, 2.45) is 0 Å². The van der Waals surface area contributed by atoms with E-state index in [0.29, 0.717) is 28.0 Å². The number of ether oxygens (including phenoxy) is 1. The summed E-state index contributed by atoms with van der Waals surface area (Å²) >= 11 is 3.26. The second-order valence-electron chi connectivity index (χ2n) is 7.24. The number of nitrogens with zero attached hydrogens (tertiary/aromatic N) is 3. The largest absolute Gasteiger partial charge is 0.467 e. The van der Waals surface area contributed by atoms with Crippen LogP contribution in [-0.2, 0) is 19.5 Å². The summed E-state index contributed by atoms with van der Waals surface area (Å²) in [5.74, 6) is -0.203. The van der Waals surface area contributed by atoms with Gasteiger partial charge in [-0.15, -0.1) is 0 Å². The summed E-state index contributed by atoms with van der Waals surface area (Å²) in [6.07, 6.45) is 4.89. The van der Waals surface area contributed by atoms with E-state index in [2.05, 4.69) is 25.9 Å². The number of pyridine rings is 2. The lowest BCUT2D eigenvalue weighted by atomic mass is 10.1. The second-order valence-corrected chi connectivity index (χ2v) is 8.16. The molecule has 2 aliphatic rings. The Labute approximate surface area is 175 Å². The third-order valence-electron chi connectivity index (χ3n) is 5.40. The molecule has 1 unspecified atom stereocenters. The Kier molecular flexibility index (Phi) is 4.54. The Morgan fingerprint density at radius 3 is 2.93 bits per heavy atom. The maximum Gasteiger partial charge on any atom is 0.260 e. The fraction of sp³-hybridized carbons (Fsp3) is 0.227. The Hall–Kier alpha value is -2.80. The molecule has 2 aromatic heterocycles. The average Bonchev–Trinajstić information content (AvgIpc) is 3.26. The third-order valence-corrected chi connectivity index (χ3v) is 5.90. The normalized spacial score (nSPS) is 17.4. The van der Waals surface area contributed by atoms with Crippen molar-refractivity contribution >= 4 is 21.8 Å². The van der Waals surface area contributed by atoms with Gasteiger partial charge in [0.05, 0.1) is 5.69 Å². The zero-order valence-corrected chi connectivity index (χ0v) is 17.0. The van der Waals surface area contributed by atoms with Crippen LogP contribution in [0.2, 0.25) is 0 Å². The molecule has 1 aliphatic heterocycles. The van der Waals surface area contributed by atoms with Crippen LogP contribution in [0.4, 0.5) is 4.39 Å². The summed E-state index contributed by atoms with van der Waals surface area (Å²) in [5.41, 5.74) is 3.86. The minimum Gasteiger partial charge on any atom is -0.467 e. The first-order chi connectivity index (χ1) is 14.1. The number of rotatable bonds is 4. The molecular formula is C22H17BrFN3O2. The Bertz CT molecular complexity index is 1120. The quantitative estimate of drug-likeness (QED) is 0.579. The van der Waals surface area contributed by atoms with Crippen LogP contribution in [0.15, 0.2) is 53.3 Å². The second kappa shape index (κ2) is 7.22. The highest BCUT2D eigenvalue weighted by molar-refractivity contribution is 9.10. The summed E-state index contributed by atoms with van der Waals surface area (Å²) in [6.45, 7) is 0.599. The lowest BCUT2D eigenvalue weighted by Gasteiger charge is -2.17. The number of benzene rings is 1. The number of aromatic nitrogens is 2. The first-order valence-corrected chi connectivity index (χ1v) is 10.2. The van der Waals surface area contributed by atoms with Crippen LogP contribution in [0.3, 0.4) is 0 Å². The molecule has 0 fully saturated rings. The van der Waals surface area contributed by atoms with Crippen molar-refractivity contribution in [3.05, 3.63) is 87.0 Å². The van der Waals surface area contributed by atoms with Crippen LogP contribution in [0.1, 0.15) is 45.3 Å². The van der Waals surface area contributed by atoms with E-state index >= 15 is 0 Å². The van der Waals surface area contributed by atoms with Crippen LogP contribution in [0.5, 0.6) is 5.88 Å². The van der Waals surface area contributed by atoms with Crippen molar-refractivity contribution in [2.45, 2.75) is 32.0 Å². The van der Waals surface area contributed by atoms with Gasteiger partial charge in [-0.2, -0.15) is 0 Å². The molecule has 5 nitrogen and oxygen atoms in total.